The standard InChI is InChI=1S/C16H26N2OS/c1-2-18(14-10-8-13(17)9-11-14)16(19)7-3-5-15-6-4-12-20-15/h4,6,12-14H,2-3,5,7-11,17H2,1H3. The summed E-state index contributed by atoms with van der Waals surface area (Å²) in [5.74, 6) is 0.324. The Morgan fingerprint density at radius 1 is 1.40 bits per heavy atom. The molecule has 0 radical (unpaired) electrons. The predicted octanol–water partition coefficient (Wildman–Crippen LogP) is 3.19. The lowest BCUT2D eigenvalue weighted by molar-refractivity contribution is -0.134. The molecule has 1 aliphatic rings. The summed E-state index contributed by atoms with van der Waals surface area (Å²) in [6.07, 6.45) is 6.93. The molecule has 0 aliphatic heterocycles. The van der Waals surface area contributed by atoms with Crippen LogP contribution in [-0.4, -0.2) is 29.4 Å². The van der Waals surface area contributed by atoms with Gasteiger partial charge in [0.25, 0.3) is 0 Å². The van der Waals surface area contributed by atoms with Gasteiger partial charge in [-0.05, 0) is 56.9 Å². The van der Waals surface area contributed by atoms with Crippen LogP contribution in [0.1, 0.15) is 50.3 Å². The van der Waals surface area contributed by atoms with Crippen molar-refractivity contribution in [3.63, 3.8) is 0 Å². The number of carbonyl (C=O) groups is 1. The van der Waals surface area contributed by atoms with E-state index in [-0.39, 0.29) is 0 Å². The number of carbonyl (C=O) groups excluding carboxylic acids is 1. The fraction of sp³-hybridized carbons (Fsp3) is 0.688. The number of hydrogen-bond donors (Lipinski definition) is 1. The van der Waals surface area contributed by atoms with E-state index < -0.39 is 0 Å². The second-order valence-corrected chi connectivity index (χ2v) is 6.71. The van der Waals surface area contributed by atoms with E-state index in [0.29, 0.717) is 24.4 Å². The maximum absolute atomic E-state index is 12.4. The molecule has 1 aromatic heterocycles. The van der Waals surface area contributed by atoms with Gasteiger partial charge in [0.1, 0.15) is 0 Å². The van der Waals surface area contributed by atoms with Crippen molar-refractivity contribution in [2.75, 3.05) is 6.54 Å². The summed E-state index contributed by atoms with van der Waals surface area (Å²) in [6, 6.07) is 4.99. The van der Waals surface area contributed by atoms with Crippen LogP contribution >= 0.6 is 11.3 Å². The Kier molecular flexibility index (Phi) is 6.05. The smallest absolute Gasteiger partial charge is 0.222 e. The number of hydrogen-bond acceptors (Lipinski definition) is 3. The Labute approximate surface area is 126 Å². The largest absolute Gasteiger partial charge is 0.340 e. The molecule has 2 N–H and O–H groups in total. The lowest BCUT2D eigenvalue weighted by atomic mass is 9.90. The molecule has 0 atom stereocenters. The van der Waals surface area contributed by atoms with E-state index in [2.05, 4.69) is 29.3 Å². The van der Waals surface area contributed by atoms with E-state index >= 15 is 0 Å². The summed E-state index contributed by atoms with van der Waals surface area (Å²) < 4.78 is 0. The van der Waals surface area contributed by atoms with Crippen LogP contribution in [0, 0.1) is 0 Å². The van der Waals surface area contributed by atoms with Crippen molar-refractivity contribution in [2.45, 2.75) is 64.0 Å². The molecule has 0 aromatic carbocycles. The third kappa shape index (κ3) is 4.32. The van der Waals surface area contributed by atoms with Gasteiger partial charge in [-0.1, -0.05) is 6.07 Å². The normalized spacial score (nSPS) is 22.7. The first-order valence-electron chi connectivity index (χ1n) is 7.78. The van der Waals surface area contributed by atoms with Crippen molar-refractivity contribution in [2.24, 2.45) is 5.73 Å². The van der Waals surface area contributed by atoms with Gasteiger partial charge in [-0.25, -0.2) is 0 Å². The van der Waals surface area contributed by atoms with Gasteiger partial charge in [0.2, 0.25) is 5.91 Å². The SMILES string of the molecule is CCN(C(=O)CCCc1cccs1)C1CCC(N)CC1. The molecule has 2 rings (SSSR count). The van der Waals surface area contributed by atoms with Crippen LogP contribution in [0.25, 0.3) is 0 Å². The van der Waals surface area contributed by atoms with Crippen molar-refractivity contribution in [3.8, 4) is 0 Å². The van der Waals surface area contributed by atoms with E-state index in [1.807, 2.05) is 0 Å². The third-order valence-corrected chi connectivity index (χ3v) is 5.17. The summed E-state index contributed by atoms with van der Waals surface area (Å²) in [4.78, 5) is 15.8. The second kappa shape index (κ2) is 7.79. The van der Waals surface area contributed by atoms with Crippen LogP contribution in [-0.2, 0) is 11.2 Å². The molecule has 1 aliphatic carbocycles. The topological polar surface area (TPSA) is 46.3 Å². The molecule has 0 unspecified atom stereocenters. The zero-order chi connectivity index (χ0) is 14.4. The van der Waals surface area contributed by atoms with Crippen molar-refractivity contribution in [1.82, 2.24) is 4.90 Å². The molecule has 1 fully saturated rings. The van der Waals surface area contributed by atoms with Gasteiger partial charge in [-0.3, -0.25) is 4.79 Å². The zero-order valence-electron chi connectivity index (χ0n) is 12.4. The number of aryl methyl sites for hydroxylation is 1. The fourth-order valence-corrected chi connectivity index (χ4v) is 3.81. The van der Waals surface area contributed by atoms with E-state index in [0.717, 1.165) is 45.1 Å². The maximum Gasteiger partial charge on any atom is 0.222 e. The highest BCUT2D eigenvalue weighted by atomic mass is 32.1. The summed E-state index contributed by atoms with van der Waals surface area (Å²) in [7, 11) is 0. The highest BCUT2D eigenvalue weighted by Gasteiger charge is 2.26. The van der Waals surface area contributed by atoms with Gasteiger partial charge >= 0.3 is 0 Å². The van der Waals surface area contributed by atoms with Gasteiger partial charge in [0, 0.05) is 29.9 Å². The van der Waals surface area contributed by atoms with Gasteiger partial charge in [-0.15, -0.1) is 11.3 Å². The van der Waals surface area contributed by atoms with Crippen LogP contribution in [0.5, 0.6) is 0 Å². The Morgan fingerprint density at radius 3 is 2.75 bits per heavy atom. The van der Waals surface area contributed by atoms with Crippen LogP contribution in [0.4, 0.5) is 0 Å². The first kappa shape index (κ1) is 15.5. The summed E-state index contributed by atoms with van der Waals surface area (Å²) >= 11 is 1.78. The molecule has 112 valence electrons. The van der Waals surface area contributed by atoms with Crippen molar-refractivity contribution >= 4 is 17.2 Å². The number of nitrogens with two attached hydrogens (primary N) is 1. The highest BCUT2D eigenvalue weighted by Crippen LogP contribution is 2.23. The number of nitrogens with zero attached hydrogens (tertiary/aromatic N) is 1. The molecular weight excluding hydrogens is 268 g/mol. The van der Waals surface area contributed by atoms with Gasteiger partial charge in [0.15, 0.2) is 0 Å². The average molecular weight is 294 g/mol. The number of thiophene rings is 1. The molecule has 3 nitrogen and oxygen atoms in total. The van der Waals surface area contributed by atoms with Gasteiger partial charge in [0.05, 0.1) is 0 Å². The van der Waals surface area contributed by atoms with Crippen LogP contribution in [0.3, 0.4) is 0 Å². The minimum Gasteiger partial charge on any atom is -0.340 e. The molecule has 1 saturated carbocycles. The van der Waals surface area contributed by atoms with Crippen LogP contribution in [0.15, 0.2) is 17.5 Å². The molecule has 0 spiro atoms. The molecule has 4 heteroatoms. The van der Waals surface area contributed by atoms with Crippen molar-refractivity contribution in [1.29, 1.82) is 0 Å². The predicted molar refractivity (Wildman–Crippen MR) is 84.9 cm³/mol. The summed E-state index contributed by atoms with van der Waals surface area (Å²) in [6.45, 7) is 2.92. The van der Waals surface area contributed by atoms with E-state index in [1.54, 1.807) is 11.3 Å². The van der Waals surface area contributed by atoms with Gasteiger partial charge in [-0.2, -0.15) is 0 Å². The zero-order valence-corrected chi connectivity index (χ0v) is 13.2. The number of amides is 1. The van der Waals surface area contributed by atoms with Gasteiger partial charge < -0.3 is 10.6 Å². The molecule has 1 aromatic rings. The fourth-order valence-electron chi connectivity index (χ4n) is 3.06. The average Bonchev–Trinajstić information content (AvgIpc) is 2.95. The molecule has 0 saturated heterocycles. The lowest BCUT2D eigenvalue weighted by Gasteiger charge is -2.35. The summed E-state index contributed by atoms with van der Waals surface area (Å²) in [5.41, 5.74) is 5.95. The Balaban J connectivity index is 1.76. The van der Waals surface area contributed by atoms with Crippen LogP contribution in [0.2, 0.25) is 0 Å². The Morgan fingerprint density at radius 2 is 2.15 bits per heavy atom. The molecule has 1 amide bonds. The molecular formula is C16H26N2OS. The molecule has 1 heterocycles. The maximum atomic E-state index is 12.4. The Hall–Kier alpha value is -0.870. The molecule has 0 bridgehead atoms. The van der Waals surface area contributed by atoms with Crippen molar-refractivity contribution < 1.29 is 4.79 Å². The second-order valence-electron chi connectivity index (χ2n) is 5.68. The summed E-state index contributed by atoms with van der Waals surface area (Å²) in [5, 5.41) is 2.10. The Bertz CT molecular complexity index is 397. The quantitative estimate of drug-likeness (QED) is 0.876. The lowest BCUT2D eigenvalue weighted by Crippen LogP contribution is -2.44. The minimum atomic E-state index is 0.324. The van der Waals surface area contributed by atoms with E-state index in [4.69, 9.17) is 5.73 Å². The van der Waals surface area contributed by atoms with Crippen molar-refractivity contribution in [3.05, 3.63) is 22.4 Å². The van der Waals surface area contributed by atoms with Crippen LogP contribution < -0.4 is 5.73 Å². The van der Waals surface area contributed by atoms with E-state index in [1.165, 1.54) is 4.88 Å². The molecule has 20 heavy (non-hydrogen) atoms. The minimum absolute atomic E-state index is 0.324. The van der Waals surface area contributed by atoms with E-state index in [9.17, 15) is 4.79 Å². The monoisotopic (exact) mass is 294 g/mol. The first-order valence-corrected chi connectivity index (χ1v) is 8.66. The highest BCUT2D eigenvalue weighted by molar-refractivity contribution is 7.09. The third-order valence-electron chi connectivity index (χ3n) is 4.24. The first-order chi connectivity index (χ1) is 9.70. The number of rotatable bonds is 6.